The Kier molecular flexibility index (Phi) is 7.57. The molecule has 0 bridgehead atoms. The lowest BCUT2D eigenvalue weighted by Crippen LogP contribution is -2.39. The molecular weight excluding hydrogens is 444 g/mol. The van der Waals surface area contributed by atoms with Gasteiger partial charge >= 0.3 is 5.69 Å². The van der Waals surface area contributed by atoms with Crippen molar-refractivity contribution in [2.75, 3.05) is 35.3 Å². The van der Waals surface area contributed by atoms with Gasteiger partial charge in [-0.15, -0.1) is 11.8 Å². The molecule has 0 aliphatic carbocycles. The van der Waals surface area contributed by atoms with E-state index in [-0.39, 0.29) is 30.3 Å². The Hall–Kier alpha value is -3.99. The molecule has 0 unspecified atom stereocenters. The zero-order valence-corrected chi connectivity index (χ0v) is 18.7. The lowest BCUT2D eigenvalue weighted by molar-refractivity contribution is -0.116. The summed E-state index contributed by atoms with van der Waals surface area (Å²) in [5.41, 5.74) is 11.4. The fourth-order valence-corrected chi connectivity index (χ4v) is 3.95. The van der Waals surface area contributed by atoms with E-state index in [0.717, 1.165) is 5.56 Å². The van der Waals surface area contributed by atoms with E-state index in [2.05, 4.69) is 10.3 Å². The Morgan fingerprint density at radius 1 is 1.09 bits per heavy atom. The Labute approximate surface area is 193 Å². The second kappa shape index (κ2) is 10.6. The first-order chi connectivity index (χ1) is 15.8. The van der Waals surface area contributed by atoms with Crippen LogP contribution in [0.4, 0.5) is 17.2 Å². The molecule has 10 nitrogen and oxygen atoms in total. The second-order valence-electron chi connectivity index (χ2n) is 7.22. The maximum absolute atomic E-state index is 12.7. The number of aromatic nitrogens is 2. The maximum atomic E-state index is 12.7. The zero-order chi connectivity index (χ0) is 24.0. The third kappa shape index (κ3) is 6.04. The maximum Gasteiger partial charge on any atom is 0.330 e. The minimum absolute atomic E-state index is 0.0112. The molecule has 2 aromatic carbocycles. The molecule has 0 aliphatic heterocycles. The molecule has 1 aromatic heterocycles. The summed E-state index contributed by atoms with van der Waals surface area (Å²) in [6.45, 7) is -0.0363. The SMILES string of the molecule is CN(CC(=O)Nc1ccccc1SCC(N)=O)c1c(N)n(Cc2ccccc2)c(=O)[nH]c1=O. The van der Waals surface area contributed by atoms with E-state index >= 15 is 0 Å². The summed E-state index contributed by atoms with van der Waals surface area (Å²) < 4.78 is 1.25. The smallest absolute Gasteiger partial charge is 0.330 e. The number of carbonyl (C=O) groups excluding carboxylic acids is 2. The Morgan fingerprint density at radius 3 is 2.45 bits per heavy atom. The van der Waals surface area contributed by atoms with Gasteiger partial charge in [0.1, 0.15) is 11.5 Å². The van der Waals surface area contributed by atoms with Gasteiger partial charge in [0.25, 0.3) is 5.56 Å². The minimum atomic E-state index is -0.686. The highest BCUT2D eigenvalue weighted by atomic mass is 32.2. The number of likely N-dealkylation sites (N-methyl/N-ethyl adjacent to an activating group) is 1. The first-order valence-electron chi connectivity index (χ1n) is 9.94. The van der Waals surface area contributed by atoms with Crippen molar-refractivity contribution in [1.82, 2.24) is 9.55 Å². The normalized spacial score (nSPS) is 10.6. The standard InChI is InChI=1S/C22H24N6O4S/c1-27(12-18(30)25-15-9-5-6-10-16(15)33-13-17(23)29)19-20(24)28(22(32)26-21(19)31)11-14-7-3-2-4-8-14/h2-10H,11-13,24H2,1H3,(H2,23,29)(H,25,30)(H,26,31,32). The number of amides is 2. The van der Waals surface area contributed by atoms with Gasteiger partial charge in [0, 0.05) is 11.9 Å². The largest absolute Gasteiger partial charge is 0.383 e. The molecular formula is C22H24N6O4S. The van der Waals surface area contributed by atoms with Crippen LogP contribution >= 0.6 is 11.8 Å². The number of nitrogens with one attached hydrogen (secondary N) is 2. The van der Waals surface area contributed by atoms with Gasteiger partial charge in [-0.2, -0.15) is 0 Å². The third-order valence-electron chi connectivity index (χ3n) is 4.69. The number of para-hydroxylation sites is 1. The molecule has 3 aromatic rings. The van der Waals surface area contributed by atoms with Crippen LogP contribution in [0, 0.1) is 0 Å². The summed E-state index contributed by atoms with van der Waals surface area (Å²) in [5, 5.41) is 2.76. The number of nitrogens with zero attached hydrogens (tertiary/aromatic N) is 2. The van der Waals surface area contributed by atoms with Crippen LogP contribution in [0.2, 0.25) is 0 Å². The van der Waals surface area contributed by atoms with Gasteiger partial charge in [-0.3, -0.25) is 23.9 Å². The van der Waals surface area contributed by atoms with Crippen molar-refractivity contribution in [3.8, 4) is 0 Å². The number of hydrogen-bond donors (Lipinski definition) is 4. The van der Waals surface area contributed by atoms with Crippen molar-refractivity contribution in [3.05, 3.63) is 81.0 Å². The highest BCUT2D eigenvalue weighted by Gasteiger charge is 2.19. The van der Waals surface area contributed by atoms with Crippen LogP contribution < -0.4 is 32.9 Å². The molecule has 6 N–H and O–H groups in total. The number of carbonyl (C=O) groups is 2. The van der Waals surface area contributed by atoms with Crippen LogP contribution in [0.15, 0.2) is 69.1 Å². The summed E-state index contributed by atoms with van der Waals surface area (Å²) in [6, 6.07) is 16.2. The van der Waals surface area contributed by atoms with Crippen LogP contribution in [-0.2, 0) is 16.1 Å². The van der Waals surface area contributed by atoms with E-state index < -0.39 is 23.1 Å². The first kappa shape index (κ1) is 23.7. The molecule has 0 radical (unpaired) electrons. The molecule has 11 heteroatoms. The topological polar surface area (TPSA) is 156 Å². The van der Waals surface area contributed by atoms with E-state index in [1.54, 1.807) is 24.3 Å². The van der Waals surface area contributed by atoms with Gasteiger partial charge in [-0.1, -0.05) is 42.5 Å². The van der Waals surface area contributed by atoms with E-state index in [9.17, 15) is 19.2 Å². The highest BCUT2D eigenvalue weighted by Crippen LogP contribution is 2.26. The molecule has 0 saturated carbocycles. The molecule has 2 amide bonds. The molecule has 0 spiro atoms. The fraction of sp³-hybridized carbons (Fsp3) is 0.182. The summed E-state index contributed by atoms with van der Waals surface area (Å²) in [7, 11) is 1.53. The predicted octanol–water partition coefficient (Wildman–Crippen LogP) is 0.819. The monoisotopic (exact) mass is 468 g/mol. The number of nitrogens with two attached hydrogens (primary N) is 2. The number of anilines is 3. The van der Waals surface area contributed by atoms with Crippen LogP contribution in [0.5, 0.6) is 0 Å². The Bertz CT molecular complexity index is 1270. The highest BCUT2D eigenvalue weighted by molar-refractivity contribution is 8.00. The zero-order valence-electron chi connectivity index (χ0n) is 17.9. The number of rotatable bonds is 9. The number of hydrogen-bond acceptors (Lipinski definition) is 7. The van der Waals surface area contributed by atoms with Crippen LogP contribution in [0.1, 0.15) is 5.56 Å². The molecule has 33 heavy (non-hydrogen) atoms. The van der Waals surface area contributed by atoms with Crippen LogP contribution in [0.25, 0.3) is 0 Å². The number of aromatic amines is 1. The van der Waals surface area contributed by atoms with Gasteiger partial charge in [0.15, 0.2) is 0 Å². The molecule has 1 heterocycles. The van der Waals surface area contributed by atoms with E-state index in [0.29, 0.717) is 10.6 Å². The minimum Gasteiger partial charge on any atom is -0.383 e. The van der Waals surface area contributed by atoms with Crippen LogP contribution in [-0.4, -0.2) is 40.7 Å². The van der Waals surface area contributed by atoms with E-state index in [1.807, 2.05) is 30.3 Å². The summed E-state index contributed by atoms with van der Waals surface area (Å²) in [5.74, 6) is -0.854. The average molecular weight is 469 g/mol. The van der Waals surface area contributed by atoms with Gasteiger partial charge in [-0.25, -0.2) is 4.79 Å². The van der Waals surface area contributed by atoms with Crippen molar-refractivity contribution >= 4 is 40.8 Å². The summed E-state index contributed by atoms with van der Waals surface area (Å²) in [4.78, 5) is 52.9. The van der Waals surface area contributed by atoms with E-state index in [4.69, 9.17) is 11.5 Å². The van der Waals surface area contributed by atoms with Gasteiger partial charge in [0.2, 0.25) is 11.8 Å². The van der Waals surface area contributed by atoms with Crippen molar-refractivity contribution in [2.24, 2.45) is 5.73 Å². The van der Waals surface area contributed by atoms with Gasteiger partial charge < -0.3 is 21.7 Å². The predicted molar refractivity (Wildman–Crippen MR) is 130 cm³/mol. The molecule has 0 atom stereocenters. The second-order valence-corrected chi connectivity index (χ2v) is 8.24. The fourth-order valence-electron chi connectivity index (χ4n) is 3.20. The number of primary amides is 1. The molecule has 0 aliphatic rings. The molecule has 0 saturated heterocycles. The Balaban J connectivity index is 1.79. The van der Waals surface area contributed by atoms with Crippen LogP contribution in [0.3, 0.4) is 0 Å². The lowest BCUT2D eigenvalue weighted by atomic mass is 10.2. The molecule has 0 fully saturated rings. The summed E-state index contributed by atoms with van der Waals surface area (Å²) >= 11 is 1.21. The third-order valence-corrected chi connectivity index (χ3v) is 5.79. The number of benzene rings is 2. The molecule has 172 valence electrons. The average Bonchev–Trinajstić information content (AvgIpc) is 2.76. The number of H-pyrrole nitrogens is 1. The summed E-state index contributed by atoms with van der Waals surface area (Å²) in [6.07, 6.45) is 0. The lowest BCUT2D eigenvalue weighted by Gasteiger charge is -2.21. The van der Waals surface area contributed by atoms with E-state index in [1.165, 1.54) is 28.3 Å². The van der Waals surface area contributed by atoms with Crippen molar-refractivity contribution in [3.63, 3.8) is 0 Å². The van der Waals surface area contributed by atoms with Crippen molar-refractivity contribution < 1.29 is 9.59 Å². The number of nitrogen functional groups attached to an aromatic ring is 1. The van der Waals surface area contributed by atoms with Crippen molar-refractivity contribution in [2.45, 2.75) is 11.4 Å². The van der Waals surface area contributed by atoms with Crippen molar-refractivity contribution in [1.29, 1.82) is 0 Å². The van der Waals surface area contributed by atoms with Gasteiger partial charge in [-0.05, 0) is 17.7 Å². The molecule has 3 rings (SSSR count). The Morgan fingerprint density at radius 2 is 1.76 bits per heavy atom. The van der Waals surface area contributed by atoms with Gasteiger partial charge in [0.05, 0.1) is 24.5 Å². The first-order valence-corrected chi connectivity index (χ1v) is 10.9. The quantitative estimate of drug-likeness (QED) is 0.339. The number of thioether (sulfide) groups is 1.